The van der Waals surface area contributed by atoms with Crippen molar-refractivity contribution in [1.29, 1.82) is 0 Å². The molecule has 2 aliphatic rings. The Morgan fingerprint density at radius 1 is 0.879 bits per heavy atom. The topological polar surface area (TPSA) is 79.4 Å². The monoisotopic (exact) mass is 448 g/mol. The molecule has 0 spiro atoms. The summed E-state index contributed by atoms with van der Waals surface area (Å²) in [6.45, 7) is 2.16. The number of fused-ring (bicyclic) bond motifs is 3. The van der Waals surface area contributed by atoms with E-state index in [1.807, 2.05) is 54.6 Å². The van der Waals surface area contributed by atoms with E-state index >= 15 is 0 Å². The van der Waals surface area contributed by atoms with Crippen molar-refractivity contribution in [3.05, 3.63) is 71.9 Å². The molecule has 0 fully saturated rings. The maximum absolute atomic E-state index is 13.3. The second-order valence-electron chi connectivity index (χ2n) is 7.66. The van der Waals surface area contributed by atoms with Gasteiger partial charge in [0.15, 0.2) is 23.0 Å². The molecule has 0 bridgehead atoms. The first-order chi connectivity index (χ1) is 16.3. The van der Waals surface area contributed by atoms with Gasteiger partial charge in [0.2, 0.25) is 18.6 Å². The molecular formula is C25H24N2O6. The van der Waals surface area contributed by atoms with E-state index in [2.05, 4.69) is 4.98 Å². The van der Waals surface area contributed by atoms with Crippen LogP contribution in [-0.4, -0.2) is 48.9 Å². The minimum absolute atomic E-state index is 0.0289. The summed E-state index contributed by atoms with van der Waals surface area (Å²) in [6.07, 6.45) is 1.90. The molecule has 8 heteroatoms. The van der Waals surface area contributed by atoms with Crippen LogP contribution in [0.5, 0.6) is 28.9 Å². The van der Waals surface area contributed by atoms with Gasteiger partial charge in [-0.15, -0.1) is 0 Å². The molecule has 1 amide bonds. The van der Waals surface area contributed by atoms with Crippen LogP contribution in [0.4, 0.5) is 0 Å². The van der Waals surface area contributed by atoms with Gasteiger partial charge in [-0.25, -0.2) is 4.98 Å². The van der Waals surface area contributed by atoms with E-state index in [1.165, 1.54) is 0 Å². The summed E-state index contributed by atoms with van der Waals surface area (Å²) in [5.41, 5.74) is 1.66. The first-order valence-electron chi connectivity index (χ1n) is 10.8. The van der Waals surface area contributed by atoms with Gasteiger partial charge in [-0.3, -0.25) is 4.79 Å². The second-order valence-corrected chi connectivity index (χ2v) is 7.66. The molecule has 0 radical (unpaired) electrons. The number of rotatable bonds is 2. The molecule has 2 aliphatic heterocycles. The van der Waals surface area contributed by atoms with Crippen molar-refractivity contribution in [2.24, 2.45) is 0 Å². The predicted molar refractivity (Wildman–Crippen MR) is 119 cm³/mol. The van der Waals surface area contributed by atoms with Crippen LogP contribution in [0.25, 0.3) is 0 Å². The summed E-state index contributed by atoms with van der Waals surface area (Å²) in [5.74, 6) is 2.95. The molecule has 0 atom stereocenters. The lowest BCUT2D eigenvalue weighted by molar-refractivity contribution is -0.131. The maximum Gasteiger partial charge on any atom is 0.231 e. The van der Waals surface area contributed by atoms with Crippen LogP contribution in [0, 0.1) is 0 Å². The van der Waals surface area contributed by atoms with Crippen molar-refractivity contribution >= 4 is 5.91 Å². The zero-order valence-electron chi connectivity index (χ0n) is 18.1. The van der Waals surface area contributed by atoms with Crippen LogP contribution in [-0.2, 0) is 22.5 Å². The van der Waals surface area contributed by atoms with Gasteiger partial charge < -0.3 is 28.6 Å². The number of pyridine rings is 1. The van der Waals surface area contributed by atoms with Crippen LogP contribution in [0.15, 0.2) is 60.8 Å². The lowest BCUT2D eigenvalue weighted by Crippen LogP contribution is -2.35. The number of carbonyl (C=O) groups excluding carboxylic acids is 1. The van der Waals surface area contributed by atoms with Gasteiger partial charge in [0.05, 0.1) is 26.2 Å². The molecule has 1 aromatic heterocycles. The quantitative estimate of drug-likeness (QED) is 0.593. The summed E-state index contributed by atoms with van der Waals surface area (Å²) in [7, 11) is 0. The number of hydrogen-bond donors (Lipinski definition) is 0. The second kappa shape index (κ2) is 9.79. The van der Waals surface area contributed by atoms with Gasteiger partial charge in [-0.1, -0.05) is 24.3 Å². The van der Waals surface area contributed by atoms with E-state index in [9.17, 15) is 4.79 Å². The SMILES string of the molecule is O=C(Cc1ccc2c(c1)OCO2)N1CCOCCOc2ccccc2Oc2ncccc2C1. The van der Waals surface area contributed by atoms with Gasteiger partial charge in [-0.2, -0.15) is 0 Å². The summed E-state index contributed by atoms with van der Waals surface area (Å²) in [5, 5.41) is 0. The fourth-order valence-electron chi connectivity index (χ4n) is 3.72. The highest BCUT2D eigenvalue weighted by atomic mass is 16.7. The first kappa shape index (κ1) is 21.1. The van der Waals surface area contributed by atoms with Crippen molar-refractivity contribution in [3.63, 3.8) is 0 Å². The Kier molecular flexibility index (Phi) is 6.25. The zero-order chi connectivity index (χ0) is 22.5. The van der Waals surface area contributed by atoms with Gasteiger partial charge in [0.25, 0.3) is 0 Å². The number of nitrogens with zero attached hydrogens (tertiary/aromatic N) is 2. The highest BCUT2D eigenvalue weighted by Crippen LogP contribution is 2.34. The van der Waals surface area contributed by atoms with Gasteiger partial charge in [-0.05, 0) is 35.9 Å². The molecule has 2 aromatic carbocycles. The number of hydrogen-bond acceptors (Lipinski definition) is 7. The van der Waals surface area contributed by atoms with Crippen molar-refractivity contribution < 1.29 is 28.5 Å². The fraction of sp³-hybridized carbons (Fsp3) is 0.280. The standard InChI is InChI=1S/C25H24N2O6/c28-24(15-18-7-8-21-23(14-18)32-17-31-21)27-10-11-29-12-13-30-20-5-1-2-6-22(20)33-25-19(16-27)4-3-9-26-25/h1-9,14H,10-13,15-17H2. The molecule has 0 unspecified atom stereocenters. The highest BCUT2D eigenvalue weighted by Gasteiger charge is 2.20. The largest absolute Gasteiger partial charge is 0.487 e. The number of amides is 1. The molecule has 0 saturated heterocycles. The molecule has 33 heavy (non-hydrogen) atoms. The van der Waals surface area contributed by atoms with Crippen molar-refractivity contribution in [1.82, 2.24) is 9.88 Å². The third kappa shape index (κ3) is 5.01. The van der Waals surface area contributed by atoms with E-state index in [0.29, 0.717) is 61.8 Å². The van der Waals surface area contributed by atoms with Crippen LogP contribution in [0.2, 0.25) is 0 Å². The van der Waals surface area contributed by atoms with Crippen LogP contribution >= 0.6 is 0 Å². The number of benzene rings is 2. The Bertz CT molecular complexity index is 1140. The molecular weight excluding hydrogens is 424 g/mol. The first-order valence-corrected chi connectivity index (χ1v) is 10.8. The number of aromatic nitrogens is 1. The summed E-state index contributed by atoms with van der Waals surface area (Å²) in [6, 6.07) is 16.7. The fourth-order valence-corrected chi connectivity index (χ4v) is 3.72. The summed E-state index contributed by atoms with van der Waals surface area (Å²) < 4.78 is 28.5. The zero-order valence-corrected chi connectivity index (χ0v) is 18.1. The lowest BCUT2D eigenvalue weighted by Gasteiger charge is -2.23. The molecule has 0 N–H and O–H groups in total. The Hall–Kier alpha value is -3.78. The molecule has 170 valence electrons. The van der Waals surface area contributed by atoms with Crippen molar-refractivity contribution in [3.8, 4) is 28.9 Å². The van der Waals surface area contributed by atoms with Crippen LogP contribution in [0.3, 0.4) is 0 Å². The third-order valence-corrected chi connectivity index (χ3v) is 5.40. The van der Waals surface area contributed by atoms with Crippen LogP contribution in [0.1, 0.15) is 11.1 Å². The van der Waals surface area contributed by atoms with E-state index in [1.54, 1.807) is 11.1 Å². The lowest BCUT2D eigenvalue weighted by atomic mass is 10.1. The molecule has 0 saturated carbocycles. The van der Waals surface area contributed by atoms with E-state index in [0.717, 1.165) is 11.1 Å². The Morgan fingerprint density at radius 2 is 1.73 bits per heavy atom. The Morgan fingerprint density at radius 3 is 2.67 bits per heavy atom. The molecule has 8 nitrogen and oxygen atoms in total. The molecule has 3 heterocycles. The number of para-hydroxylation sites is 2. The van der Waals surface area contributed by atoms with Gasteiger partial charge >= 0.3 is 0 Å². The molecule has 0 aliphatic carbocycles. The normalized spacial score (nSPS) is 15.6. The average molecular weight is 448 g/mol. The summed E-state index contributed by atoms with van der Waals surface area (Å²) >= 11 is 0. The highest BCUT2D eigenvalue weighted by molar-refractivity contribution is 5.79. The van der Waals surface area contributed by atoms with Gasteiger partial charge in [0.1, 0.15) is 6.61 Å². The molecule has 5 rings (SSSR count). The molecule has 3 aromatic rings. The minimum atomic E-state index is -0.0289. The summed E-state index contributed by atoms with van der Waals surface area (Å²) in [4.78, 5) is 19.4. The Balaban J connectivity index is 1.38. The average Bonchev–Trinajstić information content (AvgIpc) is 3.30. The van der Waals surface area contributed by atoms with E-state index in [4.69, 9.17) is 23.7 Å². The smallest absolute Gasteiger partial charge is 0.231 e. The van der Waals surface area contributed by atoms with Crippen LogP contribution < -0.4 is 18.9 Å². The number of ether oxygens (including phenoxy) is 5. The van der Waals surface area contributed by atoms with Crippen molar-refractivity contribution in [2.45, 2.75) is 13.0 Å². The number of carbonyl (C=O) groups is 1. The van der Waals surface area contributed by atoms with Gasteiger partial charge in [0, 0.05) is 18.3 Å². The maximum atomic E-state index is 13.3. The minimum Gasteiger partial charge on any atom is -0.487 e. The van der Waals surface area contributed by atoms with E-state index in [-0.39, 0.29) is 19.1 Å². The predicted octanol–water partition coefficient (Wildman–Crippen LogP) is 3.58. The van der Waals surface area contributed by atoms with E-state index < -0.39 is 0 Å². The third-order valence-electron chi connectivity index (χ3n) is 5.40. The Labute approximate surface area is 191 Å². The van der Waals surface area contributed by atoms with Crippen molar-refractivity contribution in [2.75, 3.05) is 33.2 Å².